The van der Waals surface area contributed by atoms with Crippen molar-refractivity contribution in [3.05, 3.63) is 100 Å². The van der Waals surface area contributed by atoms with E-state index in [1.165, 1.54) is 12.1 Å². The number of non-ortho nitro benzene ring substituents is 1. The average molecular weight is 483 g/mol. The van der Waals surface area contributed by atoms with Gasteiger partial charge < -0.3 is 15.4 Å². The third kappa shape index (κ3) is 4.25. The molecule has 0 radical (unpaired) electrons. The number of nitrogens with one attached hydrogen (secondary N) is 2. The second kappa shape index (κ2) is 9.29. The topological polar surface area (TPSA) is 137 Å². The molecule has 2 aromatic heterocycles. The number of aromatic nitrogens is 4. The van der Waals surface area contributed by atoms with Crippen LogP contribution in [0.5, 0.6) is 5.75 Å². The van der Waals surface area contributed by atoms with Crippen LogP contribution in [-0.4, -0.2) is 37.7 Å². The van der Waals surface area contributed by atoms with Crippen molar-refractivity contribution in [3.63, 3.8) is 0 Å². The fourth-order valence-corrected chi connectivity index (χ4v) is 4.03. The number of methoxy groups -OCH3 is 1. The van der Waals surface area contributed by atoms with Crippen molar-refractivity contribution in [2.45, 2.75) is 13.0 Å². The van der Waals surface area contributed by atoms with E-state index < -0.39 is 11.0 Å². The lowest BCUT2D eigenvalue weighted by molar-refractivity contribution is -0.384. The zero-order valence-electron chi connectivity index (χ0n) is 19.4. The summed E-state index contributed by atoms with van der Waals surface area (Å²) in [5, 5.41) is 22.0. The molecule has 3 heterocycles. The number of benzene rings is 2. The molecular formula is C25H21N7O4. The molecule has 0 fully saturated rings. The molecule has 11 heteroatoms. The number of anilines is 2. The Balaban J connectivity index is 1.59. The minimum atomic E-state index is -0.682. The Bertz CT molecular complexity index is 1460. The van der Waals surface area contributed by atoms with Crippen molar-refractivity contribution in [2.24, 2.45) is 0 Å². The van der Waals surface area contributed by atoms with E-state index >= 15 is 0 Å². The second-order valence-corrected chi connectivity index (χ2v) is 8.04. The number of hydrogen-bond acceptors (Lipinski definition) is 8. The number of carbonyl (C=O) groups is 1. The predicted molar refractivity (Wildman–Crippen MR) is 132 cm³/mol. The molecule has 1 unspecified atom stereocenters. The fraction of sp³-hybridized carbons (Fsp3) is 0.120. The number of hydrogen-bond donors (Lipinski definition) is 2. The van der Waals surface area contributed by atoms with Gasteiger partial charge in [-0.15, -0.1) is 5.10 Å². The highest BCUT2D eigenvalue weighted by molar-refractivity contribution is 6.06. The molecule has 1 amide bonds. The van der Waals surface area contributed by atoms with Crippen LogP contribution in [0, 0.1) is 10.1 Å². The number of amides is 1. The van der Waals surface area contributed by atoms with Crippen molar-refractivity contribution in [1.82, 2.24) is 19.7 Å². The molecule has 36 heavy (non-hydrogen) atoms. The number of fused-ring (bicyclic) bond motifs is 1. The minimum Gasteiger partial charge on any atom is -0.497 e. The van der Waals surface area contributed by atoms with Crippen LogP contribution in [0.3, 0.4) is 0 Å². The lowest BCUT2D eigenvalue weighted by Gasteiger charge is -2.28. The lowest BCUT2D eigenvalue weighted by Crippen LogP contribution is -2.31. The Hall–Kier alpha value is -5.06. The molecule has 11 nitrogen and oxygen atoms in total. The van der Waals surface area contributed by atoms with Gasteiger partial charge in [-0.1, -0.05) is 0 Å². The van der Waals surface area contributed by atoms with Crippen LogP contribution in [0.15, 0.2) is 84.3 Å². The molecule has 4 aromatic rings. The van der Waals surface area contributed by atoms with Gasteiger partial charge in [0.1, 0.15) is 11.8 Å². The zero-order chi connectivity index (χ0) is 25.2. The maximum absolute atomic E-state index is 13.5. The summed E-state index contributed by atoms with van der Waals surface area (Å²) in [5.74, 6) is 1.24. The van der Waals surface area contributed by atoms with Crippen molar-refractivity contribution >= 4 is 23.2 Å². The fourth-order valence-electron chi connectivity index (χ4n) is 4.03. The number of carbonyl (C=O) groups excluding carboxylic acids is 1. The molecule has 0 spiro atoms. The van der Waals surface area contributed by atoms with Gasteiger partial charge in [0, 0.05) is 29.6 Å². The highest BCUT2D eigenvalue weighted by atomic mass is 16.6. The molecule has 1 atom stereocenters. The Labute approximate surface area is 205 Å². The molecule has 1 aliphatic rings. The van der Waals surface area contributed by atoms with Crippen LogP contribution in [0.1, 0.15) is 18.5 Å². The molecule has 5 rings (SSSR count). The van der Waals surface area contributed by atoms with E-state index in [-0.39, 0.29) is 11.6 Å². The van der Waals surface area contributed by atoms with E-state index in [1.807, 2.05) is 24.3 Å². The molecule has 2 aromatic carbocycles. The number of rotatable bonds is 6. The largest absolute Gasteiger partial charge is 0.497 e. The molecule has 1 aliphatic heterocycles. The van der Waals surface area contributed by atoms with Crippen LogP contribution >= 0.6 is 0 Å². The predicted octanol–water partition coefficient (Wildman–Crippen LogP) is 4.18. The molecule has 0 saturated carbocycles. The number of nitro benzene ring substituents is 1. The average Bonchev–Trinajstić information content (AvgIpc) is 3.32. The monoisotopic (exact) mass is 483 g/mol. The standard InChI is InChI=1S/C25H21N7O4/c1-15-21(24(33)28-18-4-3-13-26-14-18)22(16-5-9-19(10-6-16)32(34)35)31-25(27-15)29-23(30-31)17-7-11-20(36-2)12-8-17/h3-14,22H,1-2H3,(H,28,33)(H,27,29,30). The number of nitrogens with zero attached hydrogens (tertiary/aromatic N) is 5. The first kappa shape index (κ1) is 22.7. The normalized spacial score (nSPS) is 14.6. The third-order valence-electron chi connectivity index (χ3n) is 5.78. The Morgan fingerprint density at radius 3 is 2.53 bits per heavy atom. The Morgan fingerprint density at radius 1 is 1.14 bits per heavy atom. The van der Waals surface area contributed by atoms with Gasteiger partial charge >= 0.3 is 0 Å². The van der Waals surface area contributed by atoms with Gasteiger partial charge in [0.2, 0.25) is 5.95 Å². The zero-order valence-corrected chi connectivity index (χ0v) is 19.4. The summed E-state index contributed by atoms with van der Waals surface area (Å²) >= 11 is 0. The molecule has 180 valence electrons. The van der Waals surface area contributed by atoms with E-state index in [9.17, 15) is 14.9 Å². The van der Waals surface area contributed by atoms with Crippen LogP contribution in [0.2, 0.25) is 0 Å². The van der Waals surface area contributed by atoms with Crippen LogP contribution in [0.25, 0.3) is 11.4 Å². The first-order chi connectivity index (χ1) is 17.4. The van der Waals surface area contributed by atoms with Gasteiger partial charge in [0.25, 0.3) is 11.6 Å². The molecular weight excluding hydrogens is 462 g/mol. The molecule has 2 N–H and O–H groups in total. The van der Waals surface area contributed by atoms with Gasteiger partial charge in [-0.3, -0.25) is 19.9 Å². The summed E-state index contributed by atoms with van der Waals surface area (Å²) in [7, 11) is 1.59. The maximum Gasteiger partial charge on any atom is 0.269 e. The van der Waals surface area contributed by atoms with Gasteiger partial charge in [0.15, 0.2) is 5.82 Å². The number of pyridine rings is 1. The van der Waals surface area contributed by atoms with Crippen molar-refractivity contribution in [1.29, 1.82) is 0 Å². The summed E-state index contributed by atoms with van der Waals surface area (Å²) in [4.78, 5) is 32.9. The van der Waals surface area contributed by atoms with Gasteiger partial charge in [-0.05, 0) is 61.0 Å². The van der Waals surface area contributed by atoms with E-state index in [2.05, 4.69) is 20.6 Å². The van der Waals surface area contributed by atoms with Crippen LogP contribution in [-0.2, 0) is 4.79 Å². The first-order valence-corrected chi connectivity index (χ1v) is 11.0. The summed E-state index contributed by atoms with van der Waals surface area (Å²) in [6.07, 6.45) is 3.16. The smallest absolute Gasteiger partial charge is 0.269 e. The minimum absolute atomic E-state index is 0.0486. The quantitative estimate of drug-likeness (QED) is 0.308. The highest BCUT2D eigenvalue weighted by Gasteiger charge is 2.34. The van der Waals surface area contributed by atoms with Crippen LogP contribution < -0.4 is 15.4 Å². The first-order valence-electron chi connectivity index (χ1n) is 11.0. The van der Waals surface area contributed by atoms with Gasteiger partial charge in [-0.2, -0.15) is 4.98 Å². The SMILES string of the molecule is COc1ccc(-c2nc3n(n2)C(c2ccc([N+](=O)[O-])cc2)C(C(=O)Nc2cccnc2)=C(C)N3)cc1. The van der Waals surface area contributed by atoms with Crippen LogP contribution in [0.4, 0.5) is 17.3 Å². The van der Waals surface area contributed by atoms with Crippen molar-refractivity contribution < 1.29 is 14.5 Å². The summed E-state index contributed by atoms with van der Waals surface area (Å²) in [5.41, 5.74) is 2.87. The highest BCUT2D eigenvalue weighted by Crippen LogP contribution is 2.37. The molecule has 0 bridgehead atoms. The Morgan fingerprint density at radius 2 is 1.89 bits per heavy atom. The number of allylic oxidation sites excluding steroid dienone is 1. The van der Waals surface area contributed by atoms with Crippen molar-refractivity contribution in [3.8, 4) is 17.1 Å². The third-order valence-corrected chi connectivity index (χ3v) is 5.78. The lowest BCUT2D eigenvalue weighted by atomic mass is 9.95. The van der Waals surface area contributed by atoms with E-state index in [0.717, 1.165) is 5.56 Å². The van der Waals surface area contributed by atoms with E-state index in [4.69, 9.17) is 9.84 Å². The van der Waals surface area contributed by atoms with E-state index in [1.54, 1.807) is 55.4 Å². The van der Waals surface area contributed by atoms with E-state index in [0.29, 0.717) is 40.0 Å². The second-order valence-electron chi connectivity index (χ2n) is 8.04. The summed E-state index contributed by atoms with van der Waals surface area (Å²) in [6, 6.07) is 16.1. The number of nitro groups is 1. The summed E-state index contributed by atoms with van der Waals surface area (Å²) in [6.45, 7) is 1.78. The van der Waals surface area contributed by atoms with Gasteiger partial charge in [0.05, 0.1) is 29.5 Å². The molecule has 0 saturated heterocycles. The van der Waals surface area contributed by atoms with Crippen molar-refractivity contribution in [2.75, 3.05) is 17.7 Å². The number of ether oxygens (including phenoxy) is 1. The maximum atomic E-state index is 13.5. The Kier molecular flexibility index (Phi) is 5.87. The summed E-state index contributed by atoms with van der Waals surface area (Å²) < 4.78 is 6.85. The van der Waals surface area contributed by atoms with Gasteiger partial charge in [-0.25, -0.2) is 4.68 Å². The molecule has 0 aliphatic carbocycles.